The number of benzene rings is 1. The molecule has 1 aromatic rings. The highest BCUT2D eigenvalue weighted by atomic mass is 32.1. The van der Waals surface area contributed by atoms with Crippen molar-refractivity contribution in [2.75, 3.05) is 12.3 Å². The number of thiol groups is 1. The average molecular weight is 268 g/mol. The molecule has 1 aromatic carbocycles. The molecule has 0 radical (unpaired) electrons. The van der Waals surface area contributed by atoms with Crippen molar-refractivity contribution in [3.05, 3.63) is 35.9 Å². The lowest BCUT2D eigenvalue weighted by Crippen LogP contribution is -2.48. The maximum absolute atomic E-state index is 11.7. The summed E-state index contributed by atoms with van der Waals surface area (Å²) in [6.45, 7) is -0.00120. The van der Waals surface area contributed by atoms with Gasteiger partial charge in [0.25, 0.3) is 0 Å². The summed E-state index contributed by atoms with van der Waals surface area (Å²) < 4.78 is 0. The van der Waals surface area contributed by atoms with Gasteiger partial charge < -0.3 is 15.7 Å². The van der Waals surface area contributed by atoms with Gasteiger partial charge in [-0.3, -0.25) is 4.79 Å². The minimum absolute atomic E-state index is 0.0495. The molecule has 0 aliphatic rings. The zero-order valence-electron chi connectivity index (χ0n) is 9.82. The van der Waals surface area contributed by atoms with Crippen molar-refractivity contribution in [2.45, 2.75) is 12.6 Å². The van der Waals surface area contributed by atoms with Gasteiger partial charge in [0.2, 0.25) is 5.91 Å². The summed E-state index contributed by atoms with van der Waals surface area (Å²) in [5.41, 5.74) is 6.16. The van der Waals surface area contributed by atoms with Crippen LogP contribution in [0.2, 0.25) is 0 Å². The Bertz CT molecular complexity index is 411. The molecule has 0 spiro atoms. The van der Waals surface area contributed by atoms with E-state index >= 15 is 0 Å². The predicted octanol–water partition coefficient (Wildman–Crippen LogP) is 0.357. The Labute approximate surface area is 111 Å². The molecule has 0 aromatic heterocycles. The molecule has 18 heavy (non-hydrogen) atoms. The number of carbonyl (C=O) groups excluding carboxylic acids is 1. The molecular formula is C12H16N2O3S. The minimum Gasteiger partial charge on any atom is -0.480 e. The van der Waals surface area contributed by atoms with Crippen LogP contribution in [-0.2, 0) is 16.1 Å². The fourth-order valence-corrected chi connectivity index (χ4v) is 1.93. The molecule has 0 aliphatic heterocycles. The Hall–Kier alpha value is -1.53. The SMILES string of the molecule is NCC(=O)N(Cc1ccccc1)C(CS)C(=O)O. The highest BCUT2D eigenvalue weighted by molar-refractivity contribution is 7.80. The second kappa shape index (κ2) is 7.03. The second-order valence-corrected chi connectivity index (χ2v) is 4.11. The molecule has 0 saturated heterocycles. The molecule has 0 aliphatic carbocycles. The number of nitrogens with zero attached hydrogens (tertiary/aromatic N) is 1. The molecule has 98 valence electrons. The van der Waals surface area contributed by atoms with E-state index in [9.17, 15) is 9.59 Å². The van der Waals surface area contributed by atoms with E-state index in [2.05, 4.69) is 12.6 Å². The number of hydrogen-bond acceptors (Lipinski definition) is 4. The van der Waals surface area contributed by atoms with Crippen molar-refractivity contribution in [3.8, 4) is 0 Å². The number of rotatable bonds is 6. The normalized spacial score (nSPS) is 11.9. The van der Waals surface area contributed by atoms with Gasteiger partial charge in [-0.2, -0.15) is 12.6 Å². The first-order chi connectivity index (χ1) is 8.60. The standard InChI is InChI=1S/C12H16N2O3S/c13-6-11(15)14(10(8-18)12(16)17)7-9-4-2-1-3-5-9/h1-5,10,18H,6-8,13H2,(H,16,17). The van der Waals surface area contributed by atoms with E-state index in [4.69, 9.17) is 10.8 Å². The van der Waals surface area contributed by atoms with Gasteiger partial charge in [-0.1, -0.05) is 30.3 Å². The van der Waals surface area contributed by atoms with E-state index in [0.717, 1.165) is 5.56 Å². The lowest BCUT2D eigenvalue weighted by atomic mass is 10.1. The molecule has 6 heteroatoms. The molecule has 0 bridgehead atoms. The van der Waals surface area contributed by atoms with Gasteiger partial charge in [-0.05, 0) is 5.56 Å². The third kappa shape index (κ3) is 3.75. The van der Waals surface area contributed by atoms with Gasteiger partial charge in [-0.25, -0.2) is 4.79 Å². The topological polar surface area (TPSA) is 83.6 Å². The minimum atomic E-state index is -1.08. The summed E-state index contributed by atoms with van der Waals surface area (Å²) in [4.78, 5) is 24.1. The van der Waals surface area contributed by atoms with E-state index in [1.54, 1.807) is 0 Å². The van der Waals surface area contributed by atoms with E-state index in [-0.39, 0.29) is 18.8 Å². The van der Waals surface area contributed by atoms with Crippen LogP contribution in [0.25, 0.3) is 0 Å². The molecule has 0 fully saturated rings. The lowest BCUT2D eigenvalue weighted by Gasteiger charge is -2.27. The maximum atomic E-state index is 11.7. The third-order valence-corrected chi connectivity index (χ3v) is 2.87. The van der Waals surface area contributed by atoms with Crippen LogP contribution >= 0.6 is 12.6 Å². The summed E-state index contributed by atoms with van der Waals surface area (Å²) in [7, 11) is 0. The fraction of sp³-hybridized carbons (Fsp3) is 0.333. The predicted molar refractivity (Wildman–Crippen MR) is 71.3 cm³/mol. The first-order valence-corrected chi connectivity index (χ1v) is 6.10. The van der Waals surface area contributed by atoms with Crippen LogP contribution in [-0.4, -0.2) is 40.2 Å². The van der Waals surface area contributed by atoms with Crippen molar-refractivity contribution in [1.29, 1.82) is 0 Å². The Morgan fingerprint density at radius 3 is 2.39 bits per heavy atom. The van der Waals surface area contributed by atoms with Crippen LogP contribution in [0, 0.1) is 0 Å². The Kier molecular flexibility index (Phi) is 5.67. The van der Waals surface area contributed by atoms with Crippen LogP contribution in [0.1, 0.15) is 5.56 Å². The highest BCUT2D eigenvalue weighted by Crippen LogP contribution is 2.10. The van der Waals surface area contributed by atoms with Crippen molar-refractivity contribution in [3.63, 3.8) is 0 Å². The lowest BCUT2D eigenvalue weighted by molar-refractivity contribution is -0.149. The van der Waals surface area contributed by atoms with Crippen LogP contribution < -0.4 is 5.73 Å². The summed E-state index contributed by atoms with van der Waals surface area (Å²) in [5, 5.41) is 9.08. The molecule has 0 saturated carbocycles. The van der Waals surface area contributed by atoms with Crippen LogP contribution in [0.5, 0.6) is 0 Å². The Balaban J connectivity index is 2.91. The number of carboxylic acid groups (broad SMARTS) is 1. The van der Waals surface area contributed by atoms with Crippen molar-refractivity contribution in [2.24, 2.45) is 5.73 Å². The highest BCUT2D eigenvalue weighted by Gasteiger charge is 2.27. The number of carboxylic acids is 1. The summed E-state index contributed by atoms with van der Waals surface area (Å²) in [6, 6.07) is 8.20. The van der Waals surface area contributed by atoms with E-state index < -0.39 is 17.9 Å². The van der Waals surface area contributed by atoms with Gasteiger partial charge in [0.1, 0.15) is 6.04 Å². The third-order valence-electron chi connectivity index (χ3n) is 2.52. The van der Waals surface area contributed by atoms with E-state index in [0.29, 0.717) is 0 Å². The van der Waals surface area contributed by atoms with Gasteiger partial charge in [0.15, 0.2) is 0 Å². The first kappa shape index (κ1) is 14.5. The largest absolute Gasteiger partial charge is 0.480 e. The van der Waals surface area contributed by atoms with Crippen LogP contribution in [0.4, 0.5) is 0 Å². The summed E-state index contributed by atoms with van der Waals surface area (Å²) in [5.74, 6) is -1.43. The molecule has 3 N–H and O–H groups in total. The number of nitrogens with two attached hydrogens (primary N) is 1. The van der Waals surface area contributed by atoms with Gasteiger partial charge >= 0.3 is 5.97 Å². The van der Waals surface area contributed by atoms with Crippen LogP contribution in [0.15, 0.2) is 30.3 Å². The number of carbonyl (C=O) groups is 2. The second-order valence-electron chi connectivity index (χ2n) is 3.75. The van der Waals surface area contributed by atoms with Gasteiger partial charge in [0.05, 0.1) is 6.54 Å². The zero-order valence-corrected chi connectivity index (χ0v) is 10.7. The Morgan fingerprint density at radius 1 is 1.33 bits per heavy atom. The molecule has 1 unspecified atom stereocenters. The number of hydrogen-bond donors (Lipinski definition) is 3. The summed E-state index contributed by atoms with van der Waals surface area (Å²) in [6.07, 6.45) is 0. The molecule has 1 atom stereocenters. The van der Waals surface area contributed by atoms with Gasteiger partial charge in [0, 0.05) is 12.3 Å². The average Bonchev–Trinajstić information content (AvgIpc) is 2.38. The van der Waals surface area contributed by atoms with E-state index in [1.807, 2.05) is 30.3 Å². The monoisotopic (exact) mass is 268 g/mol. The quantitative estimate of drug-likeness (QED) is 0.650. The fourth-order valence-electron chi connectivity index (χ4n) is 1.58. The molecule has 1 amide bonds. The van der Waals surface area contributed by atoms with Crippen molar-refractivity contribution in [1.82, 2.24) is 4.90 Å². The number of amides is 1. The maximum Gasteiger partial charge on any atom is 0.327 e. The Morgan fingerprint density at radius 2 is 1.94 bits per heavy atom. The first-order valence-electron chi connectivity index (χ1n) is 5.47. The number of aliphatic carboxylic acids is 1. The van der Waals surface area contributed by atoms with E-state index in [1.165, 1.54) is 4.90 Å². The van der Waals surface area contributed by atoms with Crippen LogP contribution in [0.3, 0.4) is 0 Å². The molecule has 0 heterocycles. The smallest absolute Gasteiger partial charge is 0.327 e. The van der Waals surface area contributed by atoms with Crippen molar-refractivity contribution < 1.29 is 14.7 Å². The molecular weight excluding hydrogens is 252 g/mol. The zero-order chi connectivity index (χ0) is 13.5. The molecule has 1 rings (SSSR count). The van der Waals surface area contributed by atoms with Gasteiger partial charge in [-0.15, -0.1) is 0 Å². The summed E-state index contributed by atoms with van der Waals surface area (Å²) >= 11 is 3.98. The molecule has 5 nitrogen and oxygen atoms in total. The van der Waals surface area contributed by atoms with Crippen molar-refractivity contribution >= 4 is 24.5 Å².